The third-order valence-corrected chi connectivity index (χ3v) is 3.87. The largest absolute Gasteiger partial charge is 0.497 e. The van der Waals surface area contributed by atoms with Crippen LogP contribution < -0.4 is 10.1 Å². The third-order valence-electron chi connectivity index (χ3n) is 3.87. The zero-order chi connectivity index (χ0) is 16.6. The van der Waals surface area contributed by atoms with Gasteiger partial charge < -0.3 is 19.8 Å². The molecule has 1 unspecified atom stereocenters. The molecule has 1 aromatic heterocycles. The Kier molecular flexibility index (Phi) is 3.93. The van der Waals surface area contributed by atoms with Gasteiger partial charge >= 0.3 is 12.1 Å². The van der Waals surface area contributed by atoms with Crippen LogP contribution in [0, 0.1) is 0 Å². The molecule has 2 heterocycles. The lowest BCUT2D eigenvalue weighted by Gasteiger charge is -2.24. The molecule has 1 aliphatic rings. The summed E-state index contributed by atoms with van der Waals surface area (Å²) in [5, 5.41) is 4.03. The van der Waals surface area contributed by atoms with Crippen molar-refractivity contribution in [3.63, 3.8) is 0 Å². The number of H-pyrrole nitrogens is 1. The number of halogens is 3. The Morgan fingerprint density at radius 1 is 1.39 bits per heavy atom. The number of methoxy groups -OCH3 is 1. The Labute approximate surface area is 129 Å². The van der Waals surface area contributed by atoms with Crippen molar-refractivity contribution in [2.45, 2.75) is 18.6 Å². The Morgan fingerprint density at radius 3 is 2.87 bits per heavy atom. The molecular formula is C15H15F3N2O3. The fourth-order valence-electron chi connectivity index (χ4n) is 2.80. The van der Waals surface area contributed by atoms with Crippen LogP contribution in [0.2, 0.25) is 0 Å². The topological polar surface area (TPSA) is 63.4 Å². The average Bonchev–Trinajstić information content (AvgIpc) is 2.89. The molecule has 2 aromatic rings. The molecule has 5 nitrogen and oxygen atoms in total. The molecular weight excluding hydrogens is 313 g/mol. The molecule has 0 aliphatic carbocycles. The van der Waals surface area contributed by atoms with E-state index in [1.165, 1.54) is 0 Å². The minimum atomic E-state index is -4.98. The minimum absolute atomic E-state index is 0.380. The number of aromatic nitrogens is 1. The van der Waals surface area contributed by atoms with Crippen LogP contribution in [0.5, 0.6) is 5.75 Å². The summed E-state index contributed by atoms with van der Waals surface area (Å²) < 4.78 is 46.3. The second-order valence-electron chi connectivity index (χ2n) is 5.28. The van der Waals surface area contributed by atoms with Crippen molar-refractivity contribution in [3.8, 4) is 5.75 Å². The number of carbonyl (C=O) groups is 1. The summed E-state index contributed by atoms with van der Waals surface area (Å²) in [5.41, 5.74) is 2.62. The van der Waals surface area contributed by atoms with Crippen LogP contribution in [0.1, 0.15) is 17.3 Å². The smallest absolute Gasteiger partial charge is 0.490 e. The highest BCUT2D eigenvalue weighted by molar-refractivity contribution is 5.86. The van der Waals surface area contributed by atoms with Gasteiger partial charge in [-0.05, 0) is 30.2 Å². The average molecular weight is 328 g/mol. The van der Waals surface area contributed by atoms with Crippen LogP contribution in [0.3, 0.4) is 0 Å². The number of nitrogens with one attached hydrogen (secondary N) is 2. The molecule has 1 aromatic carbocycles. The number of hydrogen-bond acceptors (Lipinski definition) is 4. The van der Waals surface area contributed by atoms with Crippen molar-refractivity contribution in [1.82, 2.24) is 10.3 Å². The fourth-order valence-corrected chi connectivity index (χ4v) is 2.80. The minimum Gasteiger partial charge on any atom is -0.497 e. The second kappa shape index (κ2) is 5.77. The number of aromatic amines is 1. The number of fused-ring (bicyclic) bond motifs is 3. The normalized spacial score (nSPS) is 17.8. The lowest BCUT2D eigenvalue weighted by Crippen LogP contribution is -2.35. The standard InChI is InChI=1S/C15H15F3N2O3/c1-22-8-2-3-11-10(6-8)9-4-5-19-12(13(9)20-11)7-23-14(21)15(16,17)18/h2-3,6,12,19-20H,4-5,7H2,1H3. The summed E-state index contributed by atoms with van der Waals surface area (Å²) in [7, 11) is 1.57. The van der Waals surface area contributed by atoms with E-state index in [1.807, 2.05) is 12.1 Å². The van der Waals surface area contributed by atoms with Gasteiger partial charge in [0, 0.05) is 23.1 Å². The maximum Gasteiger partial charge on any atom is 0.490 e. The van der Waals surface area contributed by atoms with Gasteiger partial charge in [-0.2, -0.15) is 13.2 Å². The first-order valence-electron chi connectivity index (χ1n) is 7.06. The first-order valence-corrected chi connectivity index (χ1v) is 7.06. The lowest BCUT2D eigenvalue weighted by atomic mass is 9.99. The van der Waals surface area contributed by atoms with E-state index in [4.69, 9.17) is 4.74 Å². The Morgan fingerprint density at radius 2 is 2.17 bits per heavy atom. The highest BCUT2D eigenvalue weighted by atomic mass is 19.4. The molecule has 23 heavy (non-hydrogen) atoms. The maximum atomic E-state index is 12.2. The zero-order valence-electron chi connectivity index (χ0n) is 12.3. The van der Waals surface area contributed by atoms with Gasteiger partial charge in [0.05, 0.1) is 13.2 Å². The SMILES string of the molecule is COc1ccc2[nH]c3c(c2c1)CCNC3COC(=O)C(F)(F)F. The van der Waals surface area contributed by atoms with E-state index < -0.39 is 18.2 Å². The quantitative estimate of drug-likeness (QED) is 0.850. The monoisotopic (exact) mass is 328 g/mol. The zero-order valence-corrected chi connectivity index (χ0v) is 12.3. The summed E-state index contributed by atoms with van der Waals surface area (Å²) in [6.45, 7) is 0.209. The first-order chi connectivity index (χ1) is 10.9. The van der Waals surface area contributed by atoms with E-state index >= 15 is 0 Å². The fraction of sp³-hybridized carbons (Fsp3) is 0.400. The maximum absolute atomic E-state index is 12.2. The molecule has 0 saturated heterocycles. The van der Waals surface area contributed by atoms with Crippen molar-refractivity contribution >= 4 is 16.9 Å². The van der Waals surface area contributed by atoms with Crippen LogP contribution in [-0.2, 0) is 16.0 Å². The van der Waals surface area contributed by atoms with Crippen molar-refractivity contribution < 1.29 is 27.4 Å². The van der Waals surface area contributed by atoms with E-state index in [-0.39, 0.29) is 6.61 Å². The predicted octanol–water partition coefficient (Wildman–Crippen LogP) is 2.47. The van der Waals surface area contributed by atoms with E-state index in [0.29, 0.717) is 12.3 Å². The van der Waals surface area contributed by atoms with E-state index in [2.05, 4.69) is 15.0 Å². The lowest BCUT2D eigenvalue weighted by molar-refractivity contribution is -0.200. The van der Waals surface area contributed by atoms with Crippen LogP contribution in [0.15, 0.2) is 18.2 Å². The van der Waals surface area contributed by atoms with Gasteiger partial charge in [0.15, 0.2) is 0 Å². The Balaban J connectivity index is 1.86. The van der Waals surface area contributed by atoms with Crippen LogP contribution >= 0.6 is 0 Å². The van der Waals surface area contributed by atoms with Gasteiger partial charge in [0.1, 0.15) is 12.4 Å². The molecule has 1 atom stereocenters. The van der Waals surface area contributed by atoms with Crippen LogP contribution in [0.4, 0.5) is 13.2 Å². The van der Waals surface area contributed by atoms with Crippen LogP contribution in [-0.4, -0.2) is 37.4 Å². The first kappa shape index (κ1) is 15.7. The van der Waals surface area contributed by atoms with Gasteiger partial charge in [-0.3, -0.25) is 0 Å². The number of esters is 1. The highest BCUT2D eigenvalue weighted by Gasteiger charge is 2.41. The summed E-state index contributed by atoms with van der Waals surface area (Å²) >= 11 is 0. The number of benzene rings is 1. The summed E-state index contributed by atoms with van der Waals surface area (Å²) in [5.74, 6) is -1.47. The molecule has 124 valence electrons. The van der Waals surface area contributed by atoms with Crippen molar-refractivity contribution in [1.29, 1.82) is 0 Å². The third kappa shape index (κ3) is 2.98. The summed E-state index contributed by atoms with van der Waals surface area (Å²) in [4.78, 5) is 14.1. The molecule has 1 aliphatic heterocycles. The van der Waals surface area contributed by atoms with E-state index in [9.17, 15) is 18.0 Å². The number of alkyl halides is 3. The molecule has 3 rings (SSSR count). The number of rotatable bonds is 3. The molecule has 0 fully saturated rings. The molecule has 0 amide bonds. The van der Waals surface area contributed by atoms with E-state index in [0.717, 1.165) is 28.6 Å². The predicted molar refractivity (Wildman–Crippen MR) is 76.3 cm³/mol. The van der Waals surface area contributed by atoms with Gasteiger partial charge in [-0.25, -0.2) is 4.79 Å². The van der Waals surface area contributed by atoms with Gasteiger partial charge in [-0.1, -0.05) is 0 Å². The van der Waals surface area contributed by atoms with Gasteiger partial charge in [0.2, 0.25) is 0 Å². The number of hydrogen-bond donors (Lipinski definition) is 2. The number of carbonyl (C=O) groups excluding carboxylic acids is 1. The van der Waals surface area contributed by atoms with E-state index in [1.54, 1.807) is 13.2 Å². The van der Waals surface area contributed by atoms with Crippen molar-refractivity contribution in [2.24, 2.45) is 0 Å². The van der Waals surface area contributed by atoms with Gasteiger partial charge in [0.25, 0.3) is 0 Å². The van der Waals surface area contributed by atoms with Crippen LogP contribution in [0.25, 0.3) is 10.9 Å². The molecule has 0 radical (unpaired) electrons. The summed E-state index contributed by atoms with van der Waals surface area (Å²) in [6, 6.07) is 5.04. The molecule has 8 heteroatoms. The molecule has 2 N–H and O–H groups in total. The van der Waals surface area contributed by atoms with Crippen molar-refractivity contribution in [2.75, 3.05) is 20.3 Å². The molecule has 0 saturated carbocycles. The second-order valence-corrected chi connectivity index (χ2v) is 5.28. The Hall–Kier alpha value is -2.22. The number of ether oxygens (including phenoxy) is 2. The Bertz CT molecular complexity index is 739. The highest BCUT2D eigenvalue weighted by Crippen LogP contribution is 2.32. The van der Waals surface area contributed by atoms with Crippen molar-refractivity contribution in [3.05, 3.63) is 29.5 Å². The van der Waals surface area contributed by atoms with Gasteiger partial charge in [-0.15, -0.1) is 0 Å². The molecule has 0 bridgehead atoms. The summed E-state index contributed by atoms with van der Waals surface area (Å²) in [6.07, 6.45) is -4.25. The molecule has 0 spiro atoms.